The van der Waals surface area contributed by atoms with Crippen LogP contribution in [0.2, 0.25) is 5.02 Å². The van der Waals surface area contributed by atoms with Crippen molar-refractivity contribution < 1.29 is 4.79 Å². The molecular weight excluding hydrogens is 196 g/mol. The van der Waals surface area contributed by atoms with E-state index in [0.29, 0.717) is 5.02 Å². The number of carbonyl (C=O) groups is 1. The monoisotopic (exact) mass is 208 g/mol. The summed E-state index contributed by atoms with van der Waals surface area (Å²) in [7, 11) is 0. The van der Waals surface area contributed by atoms with Crippen molar-refractivity contribution in [3.05, 3.63) is 34.3 Å². The van der Waals surface area contributed by atoms with Crippen LogP contribution >= 0.6 is 11.6 Å². The van der Waals surface area contributed by atoms with Crippen LogP contribution < -0.4 is 0 Å². The van der Waals surface area contributed by atoms with Gasteiger partial charge in [0.1, 0.15) is 0 Å². The molecule has 0 aliphatic heterocycles. The number of carbonyl (C=O) groups excluding carboxylic acids is 1. The maximum Gasteiger partial charge on any atom is 0.167 e. The molecule has 1 aromatic carbocycles. The van der Waals surface area contributed by atoms with Crippen molar-refractivity contribution in [2.24, 2.45) is 5.92 Å². The van der Waals surface area contributed by atoms with Gasteiger partial charge in [-0.3, -0.25) is 4.79 Å². The second-order valence-electron chi connectivity index (χ2n) is 3.92. The van der Waals surface area contributed by atoms with E-state index in [0.717, 1.165) is 24.0 Å². The molecule has 0 unspecified atom stereocenters. The molecule has 1 aliphatic carbocycles. The summed E-state index contributed by atoms with van der Waals surface area (Å²) < 4.78 is 0. The number of rotatable bonds is 2. The quantitative estimate of drug-likeness (QED) is 0.679. The van der Waals surface area contributed by atoms with E-state index in [4.69, 9.17) is 11.6 Å². The summed E-state index contributed by atoms with van der Waals surface area (Å²) >= 11 is 6.03. The summed E-state index contributed by atoms with van der Waals surface area (Å²) in [4.78, 5) is 12.0. The van der Waals surface area contributed by atoms with Gasteiger partial charge in [-0.25, -0.2) is 0 Å². The predicted octanol–water partition coefficient (Wildman–Crippen LogP) is 3.63. The Balaban J connectivity index is 2.34. The fraction of sp³-hybridized carbons (Fsp3) is 0.417. The van der Waals surface area contributed by atoms with E-state index in [1.165, 1.54) is 6.42 Å². The third-order valence-corrected chi connectivity index (χ3v) is 3.26. The molecule has 0 N–H and O–H groups in total. The minimum atomic E-state index is 0.230. The molecule has 0 spiro atoms. The van der Waals surface area contributed by atoms with Crippen LogP contribution in [0.15, 0.2) is 18.2 Å². The van der Waals surface area contributed by atoms with Gasteiger partial charge >= 0.3 is 0 Å². The van der Waals surface area contributed by atoms with E-state index in [1.54, 1.807) is 6.07 Å². The van der Waals surface area contributed by atoms with E-state index in [2.05, 4.69) is 0 Å². The van der Waals surface area contributed by atoms with Crippen LogP contribution in [0.3, 0.4) is 0 Å². The molecule has 2 heteroatoms. The van der Waals surface area contributed by atoms with Gasteiger partial charge in [-0.2, -0.15) is 0 Å². The fourth-order valence-electron chi connectivity index (χ4n) is 1.82. The molecule has 2 rings (SSSR count). The first kappa shape index (κ1) is 9.72. The van der Waals surface area contributed by atoms with Crippen molar-refractivity contribution in [1.82, 2.24) is 0 Å². The first-order chi connectivity index (χ1) is 6.70. The number of hydrogen-bond donors (Lipinski definition) is 0. The van der Waals surface area contributed by atoms with Crippen molar-refractivity contribution in [3.8, 4) is 0 Å². The van der Waals surface area contributed by atoms with Crippen LogP contribution in [-0.4, -0.2) is 5.78 Å². The first-order valence-electron chi connectivity index (χ1n) is 4.99. The molecule has 0 atom stereocenters. The number of Topliss-reactive ketones (excluding diaryl/α,β-unsaturated/α-hetero) is 1. The molecule has 0 saturated heterocycles. The Labute approximate surface area is 89.1 Å². The Hall–Kier alpha value is -0.820. The zero-order valence-electron chi connectivity index (χ0n) is 8.22. The van der Waals surface area contributed by atoms with Gasteiger partial charge in [0, 0.05) is 11.5 Å². The Morgan fingerprint density at radius 3 is 2.64 bits per heavy atom. The van der Waals surface area contributed by atoms with Gasteiger partial charge in [-0.1, -0.05) is 30.2 Å². The average Bonchev–Trinajstić information content (AvgIpc) is 2.00. The van der Waals surface area contributed by atoms with Gasteiger partial charge in [-0.15, -0.1) is 0 Å². The highest BCUT2D eigenvalue weighted by atomic mass is 35.5. The number of benzene rings is 1. The summed E-state index contributed by atoms with van der Waals surface area (Å²) in [6.07, 6.45) is 3.24. The van der Waals surface area contributed by atoms with E-state index < -0.39 is 0 Å². The lowest BCUT2D eigenvalue weighted by Crippen LogP contribution is -2.22. The molecule has 1 saturated carbocycles. The summed E-state index contributed by atoms with van der Waals surface area (Å²) in [6, 6.07) is 5.62. The van der Waals surface area contributed by atoms with Gasteiger partial charge < -0.3 is 0 Å². The number of ketones is 1. The van der Waals surface area contributed by atoms with E-state index in [-0.39, 0.29) is 11.7 Å². The van der Waals surface area contributed by atoms with Crippen molar-refractivity contribution in [2.75, 3.05) is 0 Å². The zero-order chi connectivity index (χ0) is 10.1. The third-order valence-electron chi connectivity index (χ3n) is 2.94. The Morgan fingerprint density at radius 1 is 1.43 bits per heavy atom. The number of aryl methyl sites for hydroxylation is 1. The predicted molar refractivity (Wildman–Crippen MR) is 57.9 cm³/mol. The lowest BCUT2D eigenvalue weighted by Gasteiger charge is -2.24. The average molecular weight is 209 g/mol. The van der Waals surface area contributed by atoms with E-state index in [1.807, 2.05) is 19.1 Å². The smallest absolute Gasteiger partial charge is 0.167 e. The molecular formula is C12H13ClO. The van der Waals surface area contributed by atoms with Crippen molar-refractivity contribution >= 4 is 17.4 Å². The molecule has 1 nitrogen and oxygen atoms in total. The Kier molecular flexibility index (Phi) is 2.60. The van der Waals surface area contributed by atoms with Crippen molar-refractivity contribution in [2.45, 2.75) is 26.2 Å². The minimum Gasteiger partial charge on any atom is -0.294 e. The molecule has 14 heavy (non-hydrogen) atoms. The minimum absolute atomic E-state index is 0.230. The molecule has 0 bridgehead atoms. The molecule has 0 amide bonds. The van der Waals surface area contributed by atoms with Crippen LogP contribution in [-0.2, 0) is 0 Å². The lowest BCUT2D eigenvalue weighted by molar-refractivity contribution is 0.0855. The van der Waals surface area contributed by atoms with Crippen LogP contribution in [0.5, 0.6) is 0 Å². The van der Waals surface area contributed by atoms with Crippen molar-refractivity contribution in [3.63, 3.8) is 0 Å². The van der Waals surface area contributed by atoms with Gasteiger partial charge in [0.25, 0.3) is 0 Å². The highest BCUT2D eigenvalue weighted by Gasteiger charge is 2.28. The summed E-state index contributed by atoms with van der Waals surface area (Å²) in [5.41, 5.74) is 1.73. The molecule has 0 aromatic heterocycles. The SMILES string of the molecule is Cc1cccc(Cl)c1C(=O)C1CCC1. The second kappa shape index (κ2) is 3.74. The Morgan fingerprint density at radius 2 is 2.14 bits per heavy atom. The van der Waals surface area contributed by atoms with E-state index >= 15 is 0 Å². The summed E-state index contributed by atoms with van der Waals surface area (Å²) in [5.74, 6) is 0.466. The third kappa shape index (κ3) is 1.57. The van der Waals surface area contributed by atoms with Crippen molar-refractivity contribution in [1.29, 1.82) is 0 Å². The molecule has 0 heterocycles. The fourth-order valence-corrected chi connectivity index (χ4v) is 2.13. The largest absolute Gasteiger partial charge is 0.294 e. The molecule has 1 fully saturated rings. The maximum absolute atomic E-state index is 12.0. The highest BCUT2D eigenvalue weighted by molar-refractivity contribution is 6.34. The molecule has 0 radical (unpaired) electrons. The van der Waals surface area contributed by atoms with Gasteiger partial charge in [-0.05, 0) is 31.4 Å². The molecule has 1 aromatic rings. The molecule has 1 aliphatic rings. The van der Waals surface area contributed by atoms with Gasteiger partial charge in [0.2, 0.25) is 0 Å². The standard InChI is InChI=1S/C12H13ClO/c1-8-4-2-7-10(13)11(8)12(14)9-5-3-6-9/h2,4,7,9H,3,5-6H2,1H3. The summed E-state index contributed by atoms with van der Waals surface area (Å²) in [6.45, 7) is 1.94. The number of hydrogen-bond acceptors (Lipinski definition) is 1. The van der Waals surface area contributed by atoms with Gasteiger partial charge in [0.15, 0.2) is 5.78 Å². The van der Waals surface area contributed by atoms with E-state index in [9.17, 15) is 4.79 Å². The van der Waals surface area contributed by atoms with Gasteiger partial charge in [0.05, 0.1) is 5.02 Å². The second-order valence-corrected chi connectivity index (χ2v) is 4.33. The van der Waals surface area contributed by atoms with Crippen LogP contribution in [0.1, 0.15) is 35.2 Å². The van der Waals surface area contributed by atoms with Crippen LogP contribution in [0, 0.1) is 12.8 Å². The first-order valence-corrected chi connectivity index (χ1v) is 5.37. The topological polar surface area (TPSA) is 17.1 Å². The normalized spacial score (nSPS) is 16.4. The molecule has 74 valence electrons. The number of halogens is 1. The summed E-state index contributed by atoms with van der Waals surface area (Å²) in [5, 5.41) is 0.599. The maximum atomic E-state index is 12.0. The lowest BCUT2D eigenvalue weighted by atomic mass is 9.79. The Bertz CT molecular complexity index is 346. The zero-order valence-corrected chi connectivity index (χ0v) is 8.97. The highest BCUT2D eigenvalue weighted by Crippen LogP contribution is 2.32. The van der Waals surface area contributed by atoms with Crippen LogP contribution in [0.4, 0.5) is 0 Å². The van der Waals surface area contributed by atoms with Crippen LogP contribution in [0.25, 0.3) is 0 Å².